The fourth-order valence-electron chi connectivity index (χ4n) is 4.97. The van der Waals surface area contributed by atoms with E-state index in [9.17, 15) is 0 Å². The van der Waals surface area contributed by atoms with Crippen molar-refractivity contribution in [1.29, 1.82) is 0 Å². The molecule has 1 aliphatic carbocycles. The Labute approximate surface area is 98.8 Å². The third-order valence-electron chi connectivity index (χ3n) is 5.75. The van der Waals surface area contributed by atoms with Crippen LogP contribution < -0.4 is 5.32 Å². The smallest absolute Gasteiger partial charge is 0.0111 e. The first kappa shape index (κ1) is 9.90. The van der Waals surface area contributed by atoms with Gasteiger partial charge in [-0.2, -0.15) is 0 Å². The maximum absolute atomic E-state index is 3.72. The highest BCUT2D eigenvalue weighted by atomic mass is 15.2. The molecule has 0 spiro atoms. The molecule has 0 amide bonds. The van der Waals surface area contributed by atoms with Crippen molar-refractivity contribution in [2.24, 2.45) is 11.8 Å². The van der Waals surface area contributed by atoms with Gasteiger partial charge in [0.1, 0.15) is 0 Å². The molecular weight excluding hydrogens is 196 g/mol. The molecule has 0 aromatic rings. The summed E-state index contributed by atoms with van der Waals surface area (Å²) in [6.07, 6.45) is 10.5. The van der Waals surface area contributed by atoms with Gasteiger partial charge in [0.2, 0.25) is 0 Å². The van der Waals surface area contributed by atoms with Gasteiger partial charge in [-0.05, 0) is 56.9 Å². The molecule has 4 rings (SSSR count). The van der Waals surface area contributed by atoms with Gasteiger partial charge in [0.05, 0.1) is 0 Å². The van der Waals surface area contributed by atoms with Gasteiger partial charge in [0.25, 0.3) is 0 Å². The van der Waals surface area contributed by atoms with Crippen LogP contribution in [0, 0.1) is 11.8 Å². The van der Waals surface area contributed by atoms with Crippen LogP contribution in [-0.2, 0) is 0 Å². The van der Waals surface area contributed by atoms with Gasteiger partial charge in [0.15, 0.2) is 0 Å². The standard InChI is InChI=1S/C14H24N2/c1-2-12-4-5-13(3-1)16(12)9-11-6-10-7-14(11)15-8-10/h10-15H,1-9H2. The molecule has 5 unspecified atom stereocenters. The van der Waals surface area contributed by atoms with Crippen LogP contribution in [0.15, 0.2) is 0 Å². The Morgan fingerprint density at radius 1 is 1.00 bits per heavy atom. The molecule has 0 radical (unpaired) electrons. The summed E-state index contributed by atoms with van der Waals surface area (Å²) in [7, 11) is 0. The largest absolute Gasteiger partial charge is 0.313 e. The van der Waals surface area contributed by atoms with Crippen LogP contribution in [-0.4, -0.2) is 36.1 Å². The maximum atomic E-state index is 3.72. The van der Waals surface area contributed by atoms with Crippen LogP contribution in [0.3, 0.4) is 0 Å². The molecule has 90 valence electrons. The number of fused-ring (bicyclic) bond motifs is 4. The second-order valence-corrected chi connectivity index (χ2v) is 6.62. The Kier molecular flexibility index (Phi) is 2.29. The van der Waals surface area contributed by atoms with Gasteiger partial charge in [-0.25, -0.2) is 0 Å². The fourth-order valence-corrected chi connectivity index (χ4v) is 4.97. The summed E-state index contributed by atoms with van der Waals surface area (Å²) < 4.78 is 0. The first-order chi connectivity index (χ1) is 7.90. The summed E-state index contributed by atoms with van der Waals surface area (Å²) in [6.45, 7) is 2.73. The van der Waals surface area contributed by atoms with Gasteiger partial charge < -0.3 is 5.32 Å². The van der Waals surface area contributed by atoms with E-state index >= 15 is 0 Å². The van der Waals surface area contributed by atoms with Crippen molar-refractivity contribution >= 4 is 0 Å². The Morgan fingerprint density at radius 2 is 1.81 bits per heavy atom. The summed E-state index contributed by atoms with van der Waals surface area (Å²) in [5, 5.41) is 3.72. The minimum absolute atomic E-state index is 0.881. The number of nitrogens with one attached hydrogen (secondary N) is 1. The van der Waals surface area contributed by atoms with E-state index in [1.165, 1.54) is 58.0 Å². The van der Waals surface area contributed by atoms with Crippen LogP contribution in [0.5, 0.6) is 0 Å². The van der Waals surface area contributed by atoms with Crippen molar-refractivity contribution in [3.63, 3.8) is 0 Å². The molecule has 3 heterocycles. The first-order valence-electron chi connectivity index (χ1n) is 7.39. The Morgan fingerprint density at radius 3 is 2.44 bits per heavy atom. The van der Waals surface area contributed by atoms with Crippen LogP contribution in [0.2, 0.25) is 0 Å². The van der Waals surface area contributed by atoms with E-state index in [0.717, 1.165) is 30.0 Å². The lowest BCUT2D eigenvalue weighted by atomic mass is 9.95. The molecule has 0 aromatic heterocycles. The molecule has 4 fully saturated rings. The maximum Gasteiger partial charge on any atom is 0.0111 e. The zero-order valence-corrected chi connectivity index (χ0v) is 10.2. The van der Waals surface area contributed by atoms with E-state index in [4.69, 9.17) is 0 Å². The van der Waals surface area contributed by atoms with Crippen LogP contribution in [0.1, 0.15) is 44.9 Å². The zero-order valence-electron chi connectivity index (χ0n) is 10.2. The monoisotopic (exact) mass is 220 g/mol. The highest BCUT2D eigenvalue weighted by molar-refractivity contribution is 5.00. The molecule has 5 atom stereocenters. The average molecular weight is 220 g/mol. The average Bonchev–Trinajstić information content (AvgIpc) is 2.94. The summed E-state index contributed by atoms with van der Waals surface area (Å²) >= 11 is 0. The SMILES string of the molecule is C1CC2CCC(C1)N2CC1CC2CNC1C2. The Bertz CT molecular complexity index is 262. The van der Waals surface area contributed by atoms with Crippen LogP contribution in [0.4, 0.5) is 0 Å². The molecule has 3 aliphatic heterocycles. The number of rotatable bonds is 2. The molecule has 0 aromatic carbocycles. The van der Waals surface area contributed by atoms with Gasteiger partial charge in [-0.1, -0.05) is 6.42 Å². The zero-order chi connectivity index (χ0) is 10.5. The van der Waals surface area contributed by atoms with Crippen LogP contribution in [0.25, 0.3) is 0 Å². The van der Waals surface area contributed by atoms with E-state index < -0.39 is 0 Å². The first-order valence-corrected chi connectivity index (χ1v) is 7.39. The highest BCUT2D eigenvalue weighted by Gasteiger charge is 2.43. The Balaban J connectivity index is 1.44. The summed E-state index contributed by atoms with van der Waals surface area (Å²) in [4.78, 5) is 2.90. The van der Waals surface area contributed by atoms with E-state index in [1.54, 1.807) is 0 Å². The highest BCUT2D eigenvalue weighted by Crippen LogP contribution is 2.41. The predicted molar refractivity (Wildman–Crippen MR) is 65.4 cm³/mol. The van der Waals surface area contributed by atoms with E-state index in [-0.39, 0.29) is 0 Å². The normalized spacial score (nSPS) is 51.4. The summed E-state index contributed by atoms with van der Waals surface area (Å²) in [6, 6.07) is 2.82. The van der Waals surface area contributed by atoms with E-state index in [2.05, 4.69) is 10.2 Å². The molecule has 1 saturated carbocycles. The topological polar surface area (TPSA) is 15.3 Å². The molecular formula is C14H24N2. The number of nitrogens with zero attached hydrogens (tertiary/aromatic N) is 1. The van der Waals surface area contributed by atoms with Crippen molar-refractivity contribution in [3.8, 4) is 0 Å². The molecule has 3 saturated heterocycles. The second-order valence-electron chi connectivity index (χ2n) is 6.62. The van der Waals surface area contributed by atoms with Gasteiger partial charge in [0, 0.05) is 24.7 Å². The van der Waals surface area contributed by atoms with Crippen molar-refractivity contribution in [1.82, 2.24) is 10.2 Å². The number of hydrogen-bond acceptors (Lipinski definition) is 2. The molecule has 2 nitrogen and oxygen atoms in total. The van der Waals surface area contributed by atoms with Gasteiger partial charge in [-0.3, -0.25) is 4.90 Å². The van der Waals surface area contributed by atoms with Crippen LogP contribution >= 0.6 is 0 Å². The third kappa shape index (κ3) is 1.46. The summed E-state index contributed by atoms with van der Waals surface area (Å²) in [5.74, 6) is 2.01. The third-order valence-corrected chi connectivity index (χ3v) is 5.75. The van der Waals surface area contributed by atoms with Crippen molar-refractivity contribution in [2.75, 3.05) is 13.1 Å². The molecule has 4 aliphatic rings. The predicted octanol–water partition coefficient (Wildman–Crippen LogP) is 2.00. The lowest BCUT2D eigenvalue weighted by Gasteiger charge is -2.38. The van der Waals surface area contributed by atoms with E-state index in [1.807, 2.05) is 0 Å². The summed E-state index contributed by atoms with van der Waals surface area (Å²) in [5.41, 5.74) is 0. The number of piperidine rings is 2. The quantitative estimate of drug-likeness (QED) is 0.766. The second kappa shape index (κ2) is 3.71. The minimum atomic E-state index is 0.881. The lowest BCUT2D eigenvalue weighted by molar-refractivity contribution is 0.107. The lowest BCUT2D eigenvalue weighted by Crippen LogP contribution is -2.46. The van der Waals surface area contributed by atoms with Gasteiger partial charge in [-0.15, -0.1) is 0 Å². The molecule has 16 heavy (non-hydrogen) atoms. The van der Waals surface area contributed by atoms with Crippen molar-refractivity contribution < 1.29 is 0 Å². The fraction of sp³-hybridized carbons (Fsp3) is 1.00. The Hall–Kier alpha value is -0.0800. The van der Waals surface area contributed by atoms with Crippen molar-refractivity contribution in [2.45, 2.75) is 63.1 Å². The van der Waals surface area contributed by atoms with Gasteiger partial charge >= 0.3 is 0 Å². The number of hydrogen-bond donors (Lipinski definition) is 1. The molecule has 2 heteroatoms. The van der Waals surface area contributed by atoms with Crippen molar-refractivity contribution in [3.05, 3.63) is 0 Å². The molecule has 1 N–H and O–H groups in total. The van der Waals surface area contributed by atoms with E-state index in [0.29, 0.717) is 0 Å². The molecule has 4 bridgehead atoms. The minimum Gasteiger partial charge on any atom is -0.313 e.